The molecule has 0 fully saturated rings. The summed E-state index contributed by atoms with van der Waals surface area (Å²) >= 11 is 9.88. The van der Waals surface area contributed by atoms with Gasteiger partial charge in [-0.3, -0.25) is 0 Å². The number of imidazole rings is 1. The van der Waals surface area contributed by atoms with Crippen molar-refractivity contribution in [2.75, 3.05) is 23.0 Å². The van der Waals surface area contributed by atoms with Crippen molar-refractivity contribution >= 4 is 59.7 Å². The fourth-order valence-electron chi connectivity index (χ4n) is 2.54. The van der Waals surface area contributed by atoms with Gasteiger partial charge in [0.2, 0.25) is 0 Å². The van der Waals surface area contributed by atoms with Crippen LogP contribution in [0.25, 0.3) is 22.6 Å². The quantitative estimate of drug-likeness (QED) is 0.108. The third kappa shape index (κ3) is 8.01. The number of aromatic nitrogens is 2. The van der Waals surface area contributed by atoms with E-state index in [1.807, 2.05) is 38.1 Å². The molecule has 2 aromatic carbocycles. The molecule has 0 aliphatic rings. The van der Waals surface area contributed by atoms with Crippen LogP contribution in [0.3, 0.4) is 0 Å². The number of hydrogen-bond acceptors (Lipinski definition) is 4. The molecule has 0 saturated carbocycles. The number of rotatable bonds is 9. The second kappa shape index (κ2) is 13.8. The Labute approximate surface area is 209 Å². The van der Waals surface area contributed by atoms with E-state index in [9.17, 15) is 4.39 Å². The van der Waals surface area contributed by atoms with Crippen molar-refractivity contribution in [3.05, 3.63) is 57.9 Å². The number of aromatic amines is 1. The molecule has 0 spiro atoms. The fourth-order valence-corrected chi connectivity index (χ4v) is 5.67. The van der Waals surface area contributed by atoms with Crippen LogP contribution in [0.4, 0.5) is 4.39 Å². The van der Waals surface area contributed by atoms with Gasteiger partial charge in [-0.1, -0.05) is 19.9 Å². The Morgan fingerprint density at radius 1 is 1.23 bits per heavy atom. The summed E-state index contributed by atoms with van der Waals surface area (Å²) in [6.07, 6.45) is 2.80. The molecule has 31 heavy (non-hydrogen) atoms. The molecule has 0 bridgehead atoms. The van der Waals surface area contributed by atoms with Gasteiger partial charge in [0.15, 0.2) is 0 Å². The number of H-pyrrole nitrogens is 1. The van der Waals surface area contributed by atoms with Gasteiger partial charge in [0.1, 0.15) is 5.82 Å². The summed E-state index contributed by atoms with van der Waals surface area (Å²) in [6.45, 7) is 4.90. The topological polar surface area (TPSA) is 49.9 Å². The van der Waals surface area contributed by atoms with E-state index in [1.54, 1.807) is 19.4 Å². The molecule has 9 heteroatoms. The van der Waals surface area contributed by atoms with Crippen molar-refractivity contribution < 1.29 is 7.46 Å². The SMILES string of the molecule is CC.COI(C)CCCNSc1cc(-c2ncc(-c3ccc(Br)c(F)c3)[nH]2)ccc1Cl. The van der Waals surface area contributed by atoms with E-state index in [0.717, 1.165) is 39.1 Å². The summed E-state index contributed by atoms with van der Waals surface area (Å²) in [6, 6.07) is 10.8. The van der Waals surface area contributed by atoms with Crippen molar-refractivity contribution in [1.82, 2.24) is 14.7 Å². The number of nitrogens with zero attached hydrogens (tertiary/aromatic N) is 1. The minimum absolute atomic E-state index is 0.308. The molecule has 2 N–H and O–H groups in total. The molecule has 0 aliphatic heterocycles. The van der Waals surface area contributed by atoms with E-state index in [-0.39, 0.29) is 5.82 Å². The molecule has 0 unspecified atom stereocenters. The molecule has 170 valence electrons. The van der Waals surface area contributed by atoms with Gasteiger partial charge in [0, 0.05) is 0 Å². The predicted molar refractivity (Wildman–Crippen MR) is 144 cm³/mol. The van der Waals surface area contributed by atoms with E-state index >= 15 is 0 Å². The summed E-state index contributed by atoms with van der Waals surface area (Å²) in [7, 11) is 1.80. The molecule has 0 atom stereocenters. The molecule has 3 aromatic rings. The molecule has 1 heterocycles. The van der Waals surface area contributed by atoms with Crippen LogP contribution in [0, 0.1) is 5.82 Å². The van der Waals surface area contributed by atoms with Crippen LogP contribution in [0.5, 0.6) is 0 Å². The van der Waals surface area contributed by atoms with Crippen LogP contribution in [0.2, 0.25) is 5.02 Å². The first kappa shape index (κ1) is 26.6. The minimum atomic E-state index is -1.16. The van der Waals surface area contributed by atoms with Crippen LogP contribution in [-0.2, 0) is 3.07 Å². The average Bonchev–Trinajstić information content (AvgIpc) is 3.28. The Kier molecular flexibility index (Phi) is 11.8. The van der Waals surface area contributed by atoms with E-state index in [1.165, 1.54) is 18.0 Å². The average molecular weight is 643 g/mol. The first-order valence-corrected chi connectivity index (χ1v) is 16.3. The van der Waals surface area contributed by atoms with Crippen molar-refractivity contribution in [3.63, 3.8) is 0 Å². The van der Waals surface area contributed by atoms with Crippen molar-refractivity contribution in [3.8, 4) is 22.6 Å². The Morgan fingerprint density at radius 2 is 1.97 bits per heavy atom. The Bertz CT molecular complexity index is 976. The Morgan fingerprint density at radius 3 is 2.68 bits per heavy atom. The van der Waals surface area contributed by atoms with Gasteiger partial charge in [-0.15, -0.1) is 0 Å². The van der Waals surface area contributed by atoms with Crippen LogP contribution in [-0.4, -0.2) is 33.0 Å². The molecule has 0 saturated heterocycles. The first-order chi connectivity index (χ1) is 15.0. The summed E-state index contributed by atoms with van der Waals surface area (Å²) < 4.78 is 24.2. The van der Waals surface area contributed by atoms with Crippen LogP contribution < -0.4 is 4.72 Å². The van der Waals surface area contributed by atoms with E-state index in [2.05, 4.69) is 35.6 Å². The molecule has 4 nitrogen and oxygen atoms in total. The zero-order valence-electron chi connectivity index (χ0n) is 17.9. The second-order valence-electron chi connectivity index (χ2n) is 6.14. The standard InChI is InChI=1S/C20H21BrClFIN3OS.C2H6/c1-24(28-2)8-3-9-26-29-19-11-14(5-7-16(19)22)20-25-12-18(27-20)13-4-6-15(21)17(23)10-13;1-2/h4-7,10-12,26H,3,8-9H2,1-2H3,(H,25,27);1-2H3. The maximum absolute atomic E-state index is 13.8. The maximum atomic E-state index is 13.8. The third-order valence-corrected chi connectivity index (χ3v) is 9.91. The van der Waals surface area contributed by atoms with Crippen molar-refractivity contribution in [1.29, 1.82) is 0 Å². The summed E-state index contributed by atoms with van der Waals surface area (Å²) in [4.78, 5) is 10.9. The van der Waals surface area contributed by atoms with Gasteiger partial charge in [-0.2, -0.15) is 0 Å². The molecule has 1 aromatic heterocycles. The van der Waals surface area contributed by atoms with Gasteiger partial charge in [0.05, 0.1) is 4.47 Å². The number of halogens is 4. The molecule has 0 aliphatic carbocycles. The third-order valence-electron chi connectivity index (χ3n) is 4.14. The number of nitrogens with one attached hydrogen (secondary N) is 2. The monoisotopic (exact) mass is 641 g/mol. The summed E-state index contributed by atoms with van der Waals surface area (Å²) in [5, 5.41) is 0.689. The van der Waals surface area contributed by atoms with Crippen LogP contribution in [0.1, 0.15) is 20.3 Å². The molecule has 3 rings (SSSR count). The van der Waals surface area contributed by atoms with Crippen molar-refractivity contribution in [2.45, 2.75) is 25.2 Å². The predicted octanol–water partition coefficient (Wildman–Crippen LogP) is 8.01. The van der Waals surface area contributed by atoms with Crippen LogP contribution >= 0.6 is 59.7 Å². The summed E-state index contributed by atoms with van der Waals surface area (Å²) in [5.74, 6) is 0.403. The van der Waals surface area contributed by atoms with Crippen molar-refractivity contribution in [2.24, 2.45) is 0 Å². The normalized spacial score (nSPS) is 11.1. The number of hydrogen-bond donors (Lipinski definition) is 2. The molecular weight excluding hydrogens is 616 g/mol. The number of alkyl halides is 2. The molecular formula is C22H27BrClFIN3OS. The fraction of sp³-hybridized carbons (Fsp3) is 0.318. The molecule has 0 amide bonds. The van der Waals surface area contributed by atoms with Gasteiger partial charge < -0.3 is 0 Å². The zero-order chi connectivity index (χ0) is 22.8. The zero-order valence-corrected chi connectivity index (χ0v) is 23.3. The van der Waals surface area contributed by atoms with Gasteiger partial charge in [-0.25, -0.2) is 4.39 Å². The second-order valence-corrected chi connectivity index (χ2v) is 13.3. The van der Waals surface area contributed by atoms with Gasteiger partial charge >= 0.3 is 148 Å². The van der Waals surface area contributed by atoms with Gasteiger partial charge in [0.25, 0.3) is 0 Å². The first-order valence-electron chi connectivity index (χ1n) is 9.78. The summed E-state index contributed by atoms with van der Waals surface area (Å²) in [5.41, 5.74) is 2.42. The van der Waals surface area contributed by atoms with E-state index < -0.39 is 20.2 Å². The Balaban J connectivity index is 0.00000166. The van der Waals surface area contributed by atoms with Crippen LogP contribution in [0.15, 0.2) is 52.0 Å². The van der Waals surface area contributed by atoms with E-state index in [0.29, 0.717) is 15.3 Å². The van der Waals surface area contributed by atoms with E-state index in [4.69, 9.17) is 14.7 Å². The molecule has 0 radical (unpaired) electrons. The van der Waals surface area contributed by atoms with Gasteiger partial charge in [-0.05, 0) is 28.1 Å². The Hall–Kier alpha value is -0.650. The number of benzene rings is 2.